The lowest BCUT2D eigenvalue weighted by atomic mass is 9.97. The van der Waals surface area contributed by atoms with Crippen molar-refractivity contribution in [3.05, 3.63) is 52.7 Å². The highest BCUT2D eigenvalue weighted by Gasteiger charge is 2.30. The molecule has 0 unspecified atom stereocenters. The fraction of sp³-hybridized carbons (Fsp3) is 0.381. The summed E-state index contributed by atoms with van der Waals surface area (Å²) in [5.74, 6) is 0.0876. The number of benzene rings is 1. The second kappa shape index (κ2) is 7.24. The molecule has 2 heterocycles. The van der Waals surface area contributed by atoms with Gasteiger partial charge in [-0.1, -0.05) is 42.1 Å². The topological polar surface area (TPSA) is 54.9 Å². The normalized spacial score (nSPS) is 17.5. The van der Waals surface area contributed by atoms with Crippen LogP contribution in [0.3, 0.4) is 0 Å². The third-order valence-electron chi connectivity index (χ3n) is 5.21. The van der Waals surface area contributed by atoms with Crippen molar-refractivity contribution in [2.24, 2.45) is 0 Å². The molecule has 1 aromatic carbocycles. The van der Waals surface area contributed by atoms with E-state index < -0.39 is 0 Å². The molecule has 6 heteroatoms. The fourth-order valence-electron chi connectivity index (χ4n) is 3.67. The molecule has 138 valence electrons. The second-order valence-electron chi connectivity index (χ2n) is 7.26. The van der Waals surface area contributed by atoms with Crippen LogP contribution in [0.25, 0.3) is 10.2 Å². The molecule has 1 amide bonds. The Balaban J connectivity index is 1.54. The molecule has 3 aromatic rings. The van der Waals surface area contributed by atoms with Crippen LogP contribution in [0, 0.1) is 0 Å². The molecule has 0 bridgehead atoms. The maximum atomic E-state index is 13.0. The Kier molecular flexibility index (Phi) is 4.61. The number of amides is 1. The van der Waals surface area contributed by atoms with E-state index in [1.165, 1.54) is 28.7 Å². The predicted octanol–water partition coefficient (Wildman–Crippen LogP) is 4.68. The predicted molar refractivity (Wildman–Crippen MR) is 110 cm³/mol. The van der Waals surface area contributed by atoms with Crippen LogP contribution < -0.4 is 5.32 Å². The summed E-state index contributed by atoms with van der Waals surface area (Å²) in [6.45, 7) is 0. The SMILES string of the molecule is O=C(NC1CC1)[C@@H](Sc1ncnc2sc3c(c12)CCCC3)c1ccccc1. The molecule has 2 aromatic heterocycles. The molecule has 0 saturated heterocycles. The number of hydrogen-bond acceptors (Lipinski definition) is 5. The van der Waals surface area contributed by atoms with Crippen LogP contribution in [0.1, 0.15) is 46.9 Å². The average molecular weight is 396 g/mol. The van der Waals surface area contributed by atoms with Crippen molar-refractivity contribution >= 4 is 39.2 Å². The summed E-state index contributed by atoms with van der Waals surface area (Å²) < 4.78 is 0. The van der Waals surface area contributed by atoms with Gasteiger partial charge in [0.2, 0.25) is 5.91 Å². The van der Waals surface area contributed by atoms with Crippen molar-refractivity contribution in [2.75, 3.05) is 0 Å². The lowest BCUT2D eigenvalue weighted by Gasteiger charge is -2.17. The lowest BCUT2D eigenvalue weighted by Crippen LogP contribution is -2.29. The van der Waals surface area contributed by atoms with Gasteiger partial charge in [0.05, 0.1) is 0 Å². The molecule has 2 aliphatic rings. The van der Waals surface area contributed by atoms with Gasteiger partial charge in [-0.15, -0.1) is 11.3 Å². The summed E-state index contributed by atoms with van der Waals surface area (Å²) in [6, 6.07) is 10.4. The highest BCUT2D eigenvalue weighted by atomic mass is 32.2. The number of aromatic nitrogens is 2. The van der Waals surface area contributed by atoms with E-state index in [4.69, 9.17) is 0 Å². The molecule has 5 rings (SSSR count). The molecule has 0 aliphatic heterocycles. The zero-order valence-electron chi connectivity index (χ0n) is 15.0. The highest BCUT2D eigenvalue weighted by molar-refractivity contribution is 8.00. The number of fused-ring (bicyclic) bond motifs is 3. The van der Waals surface area contributed by atoms with Gasteiger partial charge < -0.3 is 5.32 Å². The third-order valence-corrected chi connectivity index (χ3v) is 7.66. The number of aryl methyl sites for hydroxylation is 2. The van der Waals surface area contributed by atoms with Crippen molar-refractivity contribution < 1.29 is 4.79 Å². The zero-order chi connectivity index (χ0) is 18.2. The van der Waals surface area contributed by atoms with E-state index in [1.807, 2.05) is 30.3 Å². The van der Waals surface area contributed by atoms with Crippen LogP contribution in [0.15, 0.2) is 41.7 Å². The van der Waals surface area contributed by atoms with Gasteiger partial charge in [-0.05, 0) is 49.7 Å². The van der Waals surface area contributed by atoms with Gasteiger partial charge >= 0.3 is 0 Å². The van der Waals surface area contributed by atoms with Crippen molar-refractivity contribution in [1.82, 2.24) is 15.3 Å². The molecule has 2 aliphatic carbocycles. The van der Waals surface area contributed by atoms with Crippen LogP contribution in [0.2, 0.25) is 0 Å². The monoisotopic (exact) mass is 395 g/mol. The molecule has 0 radical (unpaired) electrons. The van der Waals surface area contributed by atoms with Gasteiger partial charge in [0, 0.05) is 16.3 Å². The molecular formula is C21H21N3OS2. The minimum absolute atomic E-state index is 0.0876. The molecule has 1 saturated carbocycles. The quantitative estimate of drug-likeness (QED) is 0.503. The van der Waals surface area contributed by atoms with Crippen LogP contribution >= 0.6 is 23.1 Å². The minimum Gasteiger partial charge on any atom is -0.352 e. The van der Waals surface area contributed by atoms with Crippen LogP contribution in [-0.4, -0.2) is 21.9 Å². The number of carbonyl (C=O) groups excluding carboxylic acids is 1. The largest absolute Gasteiger partial charge is 0.352 e. The maximum Gasteiger partial charge on any atom is 0.238 e. The minimum atomic E-state index is -0.288. The van der Waals surface area contributed by atoms with Gasteiger partial charge in [-0.3, -0.25) is 4.79 Å². The van der Waals surface area contributed by atoms with Gasteiger partial charge in [0.1, 0.15) is 21.4 Å². The Bertz CT molecular complexity index is 982. The van der Waals surface area contributed by atoms with Crippen LogP contribution in [0.5, 0.6) is 0 Å². The summed E-state index contributed by atoms with van der Waals surface area (Å²) in [4.78, 5) is 24.6. The van der Waals surface area contributed by atoms with Crippen LogP contribution in [0.4, 0.5) is 0 Å². The number of thiophene rings is 1. The number of hydrogen-bond donors (Lipinski definition) is 1. The first-order valence-corrected chi connectivity index (χ1v) is 11.3. The standard InChI is InChI=1S/C21H21N3OS2/c25-19(24-14-10-11-14)18(13-6-2-1-3-7-13)27-21-17-15-8-4-5-9-16(15)26-20(17)22-12-23-21/h1-3,6-7,12,14,18H,4-5,8-11H2,(H,24,25)/t18-/m0/s1. The van der Waals surface area contributed by atoms with Gasteiger partial charge in [-0.2, -0.15) is 0 Å². The van der Waals surface area contributed by atoms with Gasteiger partial charge in [0.15, 0.2) is 0 Å². The molecule has 1 N–H and O–H groups in total. The van der Waals surface area contributed by atoms with Crippen molar-refractivity contribution in [3.63, 3.8) is 0 Å². The van der Waals surface area contributed by atoms with Gasteiger partial charge in [-0.25, -0.2) is 9.97 Å². The summed E-state index contributed by atoms with van der Waals surface area (Å²) in [5, 5.41) is 5.01. The number of nitrogens with zero attached hydrogens (tertiary/aromatic N) is 2. The van der Waals surface area contributed by atoms with Crippen molar-refractivity contribution in [3.8, 4) is 0 Å². The summed E-state index contributed by atoms with van der Waals surface area (Å²) >= 11 is 3.37. The van der Waals surface area contributed by atoms with E-state index in [1.54, 1.807) is 29.4 Å². The van der Waals surface area contributed by atoms with Crippen molar-refractivity contribution in [2.45, 2.75) is 54.8 Å². The summed E-state index contributed by atoms with van der Waals surface area (Å²) in [5.41, 5.74) is 2.44. The Hall–Kier alpha value is -1.92. The van der Waals surface area contributed by atoms with E-state index in [2.05, 4.69) is 15.3 Å². The number of nitrogens with one attached hydrogen (secondary N) is 1. The zero-order valence-corrected chi connectivity index (χ0v) is 16.6. The lowest BCUT2D eigenvalue weighted by molar-refractivity contribution is -0.120. The first kappa shape index (κ1) is 17.2. The first-order chi connectivity index (χ1) is 13.3. The average Bonchev–Trinajstić information content (AvgIpc) is 3.43. The van der Waals surface area contributed by atoms with E-state index in [-0.39, 0.29) is 11.2 Å². The molecule has 27 heavy (non-hydrogen) atoms. The molecule has 1 atom stereocenters. The third kappa shape index (κ3) is 3.48. The van der Waals surface area contributed by atoms with Gasteiger partial charge in [0.25, 0.3) is 0 Å². The molecule has 0 spiro atoms. The Morgan fingerprint density at radius 1 is 1.15 bits per heavy atom. The first-order valence-electron chi connectivity index (χ1n) is 9.57. The molecular weight excluding hydrogens is 374 g/mol. The molecule has 1 fully saturated rings. The Morgan fingerprint density at radius 3 is 2.78 bits per heavy atom. The van der Waals surface area contributed by atoms with Crippen LogP contribution in [-0.2, 0) is 17.6 Å². The summed E-state index contributed by atoms with van der Waals surface area (Å²) in [6.07, 6.45) is 8.55. The fourth-order valence-corrected chi connectivity index (χ4v) is 6.10. The van der Waals surface area contributed by atoms with E-state index in [9.17, 15) is 4.79 Å². The Morgan fingerprint density at radius 2 is 1.96 bits per heavy atom. The van der Waals surface area contributed by atoms with E-state index in [0.29, 0.717) is 6.04 Å². The Labute approximate surface area is 166 Å². The second-order valence-corrected chi connectivity index (χ2v) is 9.44. The van der Waals surface area contributed by atoms with E-state index >= 15 is 0 Å². The number of carbonyl (C=O) groups is 1. The smallest absolute Gasteiger partial charge is 0.238 e. The maximum absolute atomic E-state index is 13.0. The highest BCUT2D eigenvalue weighted by Crippen LogP contribution is 2.43. The number of rotatable bonds is 5. The number of thioether (sulfide) groups is 1. The van der Waals surface area contributed by atoms with E-state index in [0.717, 1.165) is 41.1 Å². The molecule has 4 nitrogen and oxygen atoms in total. The van der Waals surface area contributed by atoms with Crippen molar-refractivity contribution in [1.29, 1.82) is 0 Å². The summed E-state index contributed by atoms with van der Waals surface area (Å²) in [7, 11) is 0.